The van der Waals surface area contributed by atoms with Gasteiger partial charge < -0.3 is 9.64 Å². The molecule has 2 heterocycles. The molecule has 4 nitrogen and oxygen atoms in total. The van der Waals surface area contributed by atoms with Crippen LogP contribution < -0.4 is 9.64 Å². The van der Waals surface area contributed by atoms with Gasteiger partial charge in [-0.15, -0.1) is 0 Å². The molecule has 1 fully saturated rings. The number of nitrogens with zero attached hydrogens (tertiary/aromatic N) is 2. The molecule has 0 radical (unpaired) electrons. The van der Waals surface area contributed by atoms with Gasteiger partial charge in [0.15, 0.2) is 12.0 Å². The number of halogens is 2. The SMILES string of the molecule is Cc1cc(Cl)c(OC2CCN(c3ccc(C=O)cn3)C2)c(Cl)c1. The minimum absolute atomic E-state index is 0.000235. The van der Waals surface area contributed by atoms with Crippen molar-refractivity contribution in [1.82, 2.24) is 4.98 Å². The molecule has 3 rings (SSSR count). The molecule has 1 unspecified atom stereocenters. The summed E-state index contributed by atoms with van der Waals surface area (Å²) in [5.41, 5.74) is 1.57. The summed E-state index contributed by atoms with van der Waals surface area (Å²) in [4.78, 5) is 17.1. The van der Waals surface area contributed by atoms with Gasteiger partial charge in [0.25, 0.3) is 0 Å². The second-order valence-corrected chi connectivity index (χ2v) is 6.41. The van der Waals surface area contributed by atoms with Crippen molar-refractivity contribution in [3.05, 3.63) is 51.6 Å². The first-order chi connectivity index (χ1) is 11.1. The van der Waals surface area contributed by atoms with E-state index >= 15 is 0 Å². The van der Waals surface area contributed by atoms with E-state index in [1.807, 2.05) is 25.1 Å². The third-order valence-corrected chi connectivity index (χ3v) is 4.36. The summed E-state index contributed by atoms with van der Waals surface area (Å²) in [5, 5.41) is 1.06. The highest BCUT2D eigenvalue weighted by Gasteiger charge is 2.26. The van der Waals surface area contributed by atoms with Gasteiger partial charge in [-0.05, 0) is 36.8 Å². The molecule has 0 amide bonds. The molecule has 0 bridgehead atoms. The van der Waals surface area contributed by atoms with Crippen LogP contribution in [0.4, 0.5) is 5.82 Å². The molecule has 23 heavy (non-hydrogen) atoms. The van der Waals surface area contributed by atoms with Gasteiger partial charge in [-0.1, -0.05) is 23.2 Å². The monoisotopic (exact) mass is 350 g/mol. The number of ether oxygens (including phenoxy) is 1. The Bertz CT molecular complexity index is 696. The minimum Gasteiger partial charge on any atom is -0.485 e. The molecule has 1 aliphatic rings. The van der Waals surface area contributed by atoms with E-state index in [0.29, 0.717) is 27.9 Å². The highest BCUT2D eigenvalue weighted by atomic mass is 35.5. The molecule has 1 aliphatic heterocycles. The van der Waals surface area contributed by atoms with Crippen LogP contribution in [-0.4, -0.2) is 30.5 Å². The number of aldehydes is 1. The van der Waals surface area contributed by atoms with E-state index in [-0.39, 0.29) is 6.10 Å². The lowest BCUT2D eigenvalue weighted by atomic mass is 10.2. The second kappa shape index (κ2) is 6.77. The fraction of sp³-hybridized carbons (Fsp3) is 0.294. The van der Waals surface area contributed by atoms with Crippen LogP contribution in [0.3, 0.4) is 0 Å². The van der Waals surface area contributed by atoms with Crippen molar-refractivity contribution in [3.8, 4) is 5.75 Å². The summed E-state index contributed by atoms with van der Waals surface area (Å²) in [6, 6.07) is 7.29. The Hall–Kier alpha value is -1.78. The smallest absolute Gasteiger partial charge is 0.156 e. The fourth-order valence-electron chi connectivity index (χ4n) is 2.65. The van der Waals surface area contributed by atoms with Crippen LogP contribution in [-0.2, 0) is 0 Å². The van der Waals surface area contributed by atoms with Crippen LogP contribution in [0.5, 0.6) is 5.75 Å². The number of benzene rings is 1. The number of hydrogen-bond acceptors (Lipinski definition) is 4. The van der Waals surface area contributed by atoms with Crippen molar-refractivity contribution < 1.29 is 9.53 Å². The van der Waals surface area contributed by atoms with Gasteiger partial charge in [-0.2, -0.15) is 0 Å². The van der Waals surface area contributed by atoms with Crippen LogP contribution >= 0.6 is 23.2 Å². The zero-order valence-corrected chi connectivity index (χ0v) is 14.1. The van der Waals surface area contributed by atoms with E-state index in [1.54, 1.807) is 12.3 Å². The second-order valence-electron chi connectivity index (χ2n) is 5.60. The van der Waals surface area contributed by atoms with Crippen molar-refractivity contribution in [2.75, 3.05) is 18.0 Å². The Morgan fingerprint density at radius 3 is 2.65 bits per heavy atom. The first-order valence-electron chi connectivity index (χ1n) is 7.35. The lowest BCUT2D eigenvalue weighted by Crippen LogP contribution is -2.25. The molecule has 1 saturated heterocycles. The molecule has 1 atom stereocenters. The zero-order chi connectivity index (χ0) is 16.4. The van der Waals surface area contributed by atoms with Crippen LogP contribution in [0.2, 0.25) is 10.0 Å². The van der Waals surface area contributed by atoms with Gasteiger partial charge in [-0.3, -0.25) is 4.79 Å². The van der Waals surface area contributed by atoms with E-state index in [1.165, 1.54) is 0 Å². The Labute approximate surface area is 145 Å². The molecule has 1 aromatic carbocycles. The molecule has 120 valence electrons. The van der Waals surface area contributed by atoms with Gasteiger partial charge in [-0.25, -0.2) is 4.98 Å². The fourth-order valence-corrected chi connectivity index (χ4v) is 3.34. The summed E-state index contributed by atoms with van der Waals surface area (Å²) in [6.45, 7) is 3.47. The summed E-state index contributed by atoms with van der Waals surface area (Å²) >= 11 is 12.5. The van der Waals surface area contributed by atoms with Gasteiger partial charge >= 0.3 is 0 Å². The van der Waals surface area contributed by atoms with Crippen molar-refractivity contribution in [2.24, 2.45) is 0 Å². The Balaban J connectivity index is 1.69. The average molecular weight is 351 g/mol. The van der Waals surface area contributed by atoms with Crippen LogP contribution in [0.15, 0.2) is 30.5 Å². The molecular formula is C17H16Cl2N2O2. The van der Waals surface area contributed by atoms with Crippen molar-refractivity contribution >= 4 is 35.3 Å². The molecule has 0 spiro atoms. The van der Waals surface area contributed by atoms with E-state index in [0.717, 1.165) is 30.6 Å². The maximum absolute atomic E-state index is 10.7. The maximum atomic E-state index is 10.7. The average Bonchev–Trinajstić information content (AvgIpc) is 2.99. The minimum atomic E-state index is 0.000235. The highest BCUT2D eigenvalue weighted by Crippen LogP contribution is 2.36. The van der Waals surface area contributed by atoms with Crippen LogP contribution in [0.25, 0.3) is 0 Å². The standard InChI is InChI=1S/C17H16Cl2N2O2/c1-11-6-14(18)17(15(19)7-11)23-13-4-5-21(9-13)16-3-2-12(10-22)8-20-16/h2-3,6-8,10,13H,4-5,9H2,1H3. The third-order valence-electron chi connectivity index (χ3n) is 3.80. The van der Waals surface area contributed by atoms with E-state index in [2.05, 4.69) is 9.88 Å². The number of anilines is 1. The molecular weight excluding hydrogens is 335 g/mol. The quantitative estimate of drug-likeness (QED) is 0.776. The summed E-state index contributed by atoms with van der Waals surface area (Å²) < 4.78 is 6.00. The topological polar surface area (TPSA) is 42.4 Å². The number of rotatable bonds is 4. The highest BCUT2D eigenvalue weighted by molar-refractivity contribution is 6.37. The Kier molecular flexibility index (Phi) is 4.74. The molecule has 1 aromatic heterocycles. The van der Waals surface area contributed by atoms with Gasteiger partial charge in [0.05, 0.1) is 16.6 Å². The number of pyridine rings is 1. The Morgan fingerprint density at radius 1 is 1.30 bits per heavy atom. The molecule has 2 aromatic rings. The number of aryl methyl sites for hydroxylation is 1. The van der Waals surface area contributed by atoms with Crippen molar-refractivity contribution in [3.63, 3.8) is 0 Å². The van der Waals surface area contributed by atoms with Crippen molar-refractivity contribution in [1.29, 1.82) is 0 Å². The number of hydrogen-bond donors (Lipinski definition) is 0. The molecule has 0 saturated carbocycles. The Morgan fingerprint density at radius 2 is 2.04 bits per heavy atom. The van der Waals surface area contributed by atoms with Crippen molar-refractivity contribution in [2.45, 2.75) is 19.4 Å². The molecule has 0 aliphatic carbocycles. The molecule has 0 N–H and O–H groups in total. The van der Waals surface area contributed by atoms with Crippen LogP contribution in [0, 0.1) is 6.92 Å². The maximum Gasteiger partial charge on any atom is 0.156 e. The van der Waals surface area contributed by atoms with Gasteiger partial charge in [0.2, 0.25) is 0 Å². The van der Waals surface area contributed by atoms with Gasteiger partial charge in [0.1, 0.15) is 11.9 Å². The van der Waals surface area contributed by atoms with E-state index < -0.39 is 0 Å². The lowest BCUT2D eigenvalue weighted by Gasteiger charge is -2.19. The first-order valence-corrected chi connectivity index (χ1v) is 8.11. The largest absolute Gasteiger partial charge is 0.485 e. The van der Waals surface area contributed by atoms with E-state index in [4.69, 9.17) is 27.9 Å². The lowest BCUT2D eigenvalue weighted by molar-refractivity contribution is 0.112. The molecule has 6 heteroatoms. The first kappa shape index (κ1) is 16.1. The third kappa shape index (κ3) is 3.59. The predicted molar refractivity (Wildman–Crippen MR) is 92.1 cm³/mol. The summed E-state index contributed by atoms with van der Waals surface area (Å²) in [5.74, 6) is 1.37. The normalized spacial score (nSPS) is 17.3. The summed E-state index contributed by atoms with van der Waals surface area (Å²) in [6.07, 6.45) is 3.22. The van der Waals surface area contributed by atoms with E-state index in [9.17, 15) is 4.79 Å². The van der Waals surface area contributed by atoms with Gasteiger partial charge in [0, 0.05) is 24.7 Å². The summed E-state index contributed by atoms with van der Waals surface area (Å²) in [7, 11) is 0. The number of aromatic nitrogens is 1. The predicted octanol–water partition coefficient (Wildman–Crippen LogP) is 4.17. The number of carbonyl (C=O) groups is 1. The number of carbonyl (C=O) groups excluding carboxylic acids is 1. The zero-order valence-electron chi connectivity index (χ0n) is 12.6. The van der Waals surface area contributed by atoms with Crippen LogP contribution in [0.1, 0.15) is 22.3 Å².